The van der Waals surface area contributed by atoms with Crippen LogP contribution in [0.3, 0.4) is 0 Å². The molecule has 0 spiro atoms. The fraction of sp³-hybridized carbons (Fsp3) is 0. The smallest absolute Gasteiger partial charge is 0.0620 e. The summed E-state index contributed by atoms with van der Waals surface area (Å²) in [5.41, 5.74) is 17.4. The second-order valence-corrected chi connectivity index (χ2v) is 19.3. The monoisotopic (exact) mass is 998 g/mol. The van der Waals surface area contributed by atoms with Crippen LogP contribution in [0.5, 0.6) is 0 Å². The topological polar surface area (TPSA) is 13.0 Å². The van der Waals surface area contributed by atoms with Gasteiger partial charge in [-0.05, 0) is 156 Å². The van der Waals surface area contributed by atoms with Crippen molar-refractivity contribution in [2.75, 3.05) is 19.6 Å². The van der Waals surface area contributed by atoms with Crippen LogP contribution in [0.25, 0.3) is 43.8 Å². The molecule has 0 heterocycles. The van der Waals surface area contributed by atoms with Crippen LogP contribution in [0.2, 0.25) is 0 Å². The molecule has 0 aromatic heterocycles. The summed E-state index contributed by atoms with van der Waals surface area (Å²) >= 11 is 0. The maximum absolute atomic E-state index is 2.49. The second-order valence-electron chi connectivity index (χ2n) is 19.3. The van der Waals surface area contributed by atoms with Gasteiger partial charge in [0.1, 0.15) is 0 Å². The third-order valence-electron chi connectivity index (χ3n) is 14.5. The summed E-state index contributed by atoms with van der Waals surface area (Å²) in [6, 6.07) is 118. The fourth-order valence-electron chi connectivity index (χ4n) is 11.0. The molecule has 0 unspecified atom stereocenters. The number of hydrogen-bond donors (Lipinski definition) is 0. The molecule has 13 rings (SSSR count). The van der Waals surface area contributed by atoms with Gasteiger partial charge >= 0.3 is 0 Å². The molecule has 0 amide bonds. The van der Waals surface area contributed by atoms with Crippen LogP contribution in [0.1, 0.15) is 0 Å². The van der Waals surface area contributed by atoms with E-state index in [-0.39, 0.29) is 0 Å². The van der Waals surface area contributed by atoms with Crippen LogP contribution >= 0.6 is 0 Å². The fourth-order valence-corrected chi connectivity index (χ4v) is 11.0. The first-order chi connectivity index (χ1) is 38.7. The van der Waals surface area contributed by atoms with Crippen LogP contribution in [-0.2, 0) is 0 Å². The Morgan fingerprint density at radius 2 is 0.346 bits per heavy atom. The highest BCUT2D eigenvalue weighted by Crippen LogP contribution is 2.53. The number of para-hydroxylation sites is 6. The van der Waals surface area contributed by atoms with Gasteiger partial charge in [0.05, 0.1) is 11.4 Å². The van der Waals surface area contributed by atoms with Crippen LogP contribution in [0.15, 0.2) is 328 Å². The Morgan fingerprint density at radius 3 is 0.603 bits per heavy atom. The third-order valence-corrected chi connectivity index (χ3v) is 14.5. The summed E-state index contributed by atoms with van der Waals surface area (Å²) in [7, 11) is 0. The number of nitrogens with zero attached hydrogens (tertiary/aromatic N) is 4. The number of benzene rings is 13. The first-order valence-corrected chi connectivity index (χ1v) is 26.6. The molecule has 0 aliphatic carbocycles. The molecule has 370 valence electrons. The molecule has 4 nitrogen and oxygen atoms in total. The van der Waals surface area contributed by atoms with E-state index in [4.69, 9.17) is 0 Å². The maximum atomic E-state index is 2.49. The average molecular weight is 999 g/mol. The lowest BCUT2D eigenvalue weighted by Crippen LogP contribution is -2.15. The van der Waals surface area contributed by atoms with Gasteiger partial charge in [0.25, 0.3) is 0 Å². The minimum atomic E-state index is 1.02. The molecule has 0 saturated heterocycles. The lowest BCUT2D eigenvalue weighted by atomic mass is 9.91. The van der Waals surface area contributed by atoms with Gasteiger partial charge in [0.15, 0.2) is 0 Å². The summed E-state index contributed by atoms with van der Waals surface area (Å²) in [6.07, 6.45) is 0. The highest BCUT2D eigenvalue weighted by molar-refractivity contribution is 6.24. The van der Waals surface area contributed by atoms with Crippen LogP contribution < -0.4 is 19.6 Å². The van der Waals surface area contributed by atoms with Gasteiger partial charge < -0.3 is 19.6 Å². The summed E-state index contributed by atoms with van der Waals surface area (Å²) in [5.74, 6) is 0. The zero-order valence-corrected chi connectivity index (χ0v) is 43.0. The van der Waals surface area contributed by atoms with Crippen molar-refractivity contribution < 1.29 is 0 Å². The van der Waals surface area contributed by atoms with Crippen LogP contribution in [0, 0.1) is 0 Å². The third kappa shape index (κ3) is 9.29. The Balaban J connectivity index is 1.11. The Hall–Kier alpha value is -10.4. The van der Waals surface area contributed by atoms with Gasteiger partial charge in [-0.25, -0.2) is 0 Å². The Morgan fingerprint density at radius 1 is 0.141 bits per heavy atom. The number of anilines is 12. The number of fused-ring (bicyclic) bond motifs is 2. The molecule has 0 N–H and O–H groups in total. The SMILES string of the molecule is c1ccc(-c2ccc3c(N(c4ccc(N(c5ccccc5)c5ccccc5)cc4)c4ccc(N(c5ccccc5)c5ccccc5)cc4)c4cc(-c5ccccc5)ccc4c(N(c4ccccc4)c4ccccc4)c3c2)cc1. The summed E-state index contributed by atoms with van der Waals surface area (Å²) < 4.78 is 0. The molecule has 0 radical (unpaired) electrons. The standard InChI is InChI=1S/C74H54N4/c1-9-25-55(26-10-1)57-42-52-70-71(53-57)73(77(63-37-21-7-22-38-63)64-39-23-8-24-40-64)69-51-41-58(56-27-11-2-12-28-56)54-72(69)74(70)78(67-47-43-65(44-48-67)75(59-29-13-3-14-30-59)60-31-15-4-16-32-60)68-49-45-66(46-50-68)76(61-33-17-5-18-34-61)62-35-19-6-20-36-62/h1-54H. The van der Waals surface area contributed by atoms with E-state index >= 15 is 0 Å². The van der Waals surface area contributed by atoms with E-state index in [1.54, 1.807) is 0 Å². The van der Waals surface area contributed by atoms with Crippen molar-refractivity contribution in [3.05, 3.63) is 328 Å². The molecule has 13 aromatic carbocycles. The maximum Gasteiger partial charge on any atom is 0.0620 e. The first-order valence-electron chi connectivity index (χ1n) is 26.6. The van der Waals surface area contributed by atoms with Crippen molar-refractivity contribution >= 4 is 89.8 Å². The molecule has 4 heteroatoms. The molecule has 78 heavy (non-hydrogen) atoms. The molecule has 13 aromatic rings. The quantitative estimate of drug-likeness (QED) is 0.0795. The Labute approximate surface area is 456 Å². The minimum Gasteiger partial charge on any atom is -0.311 e. The predicted molar refractivity (Wildman–Crippen MR) is 331 cm³/mol. The summed E-state index contributed by atoms with van der Waals surface area (Å²) in [4.78, 5) is 9.58. The zero-order chi connectivity index (χ0) is 52.0. The van der Waals surface area contributed by atoms with E-state index in [1.165, 1.54) is 0 Å². The number of hydrogen-bond acceptors (Lipinski definition) is 4. The molecule has 0 atom stereocenters. The van der Waals surface area contributed by atoms with E-state index in [2.05, 4.69) is 347 Å². The normalized spacial score (nSPS) is 11.1. The van der Waals surface area contributed by atoms with Gasteiger partial charge in [-0.15, -0.1) is 0 Å². The zero-order valence-electron chi connectivity index (χ0n) is 43.0. The van der Waals surface area contributed by atoms with E-state index in [1.807, 2.05) is 0 Å². The summed E-state index contributed by atoms with van der Waals surface area (Å²) in [5, 5.41) is 4.46. The van der Waals surface area contributed by atoms with Crippen molar-refractivity contribution in [1.29, 1.82) is 0 Å². The average Bonchev–Trinajstić information content (AvgIpc) is 3.61. The van der Waals surface area contributed by atoms with E-state index in [0.717, 1.165) is 112 Å². The van der Waals surface area contributed by atoms with Crippen molar-refractivity contribution in [1.82, 2.24) is 0 Å². The van der Waals surface area contributed by atoms with Crippen LogP contribution in [0.4, 0.5) is 68.2 Å². The van der Waals surface area contributed by atoms with Crippen LogP contribution in [-0.4, -0.2) is 0 Å². The minimum absolute atomic E-state index is 1.02. The molecule has 0 saturated carbocycles. The molecular weight excluding hydrogens is 945 g/mol. The lowest BCUT2D eigenvalue weighted by molar-refractivity contribution is 1.25. The largest absolute Gasteiger partial charge is 0.311 e. The van der Waals surface area contributed by atoms with Gasteiger partial charge in [-0.2, -0.15) is 0 Å². The van der Waals surface area contributed by atoms with Crippen molar-refractivity contribution in [2.45, 2.75) is 0 Å². The van der Waals surface area contributed by atoms with Crippen molar-refractivity contribution in [2.24, 2.45) is 0 Å². The highest BCUT2D eigenvalue weighted by atomic mass is 15.2. The molecular formula is C74H54N4. The Kier molecular flexibility index (Phi) is 13.0. The molecule has 0 aliphatic heterocycles. The first kappa shape index (κ1) is 47.3. The van der Waals surface area contributed by atoms with Gasteiger partial charge in [0, 0.05) is 78.4 Å². The molecule has 0 aliphatic rings. The predicted octanol–water partition coefficient (Wildman–Crippen LogP) is 21.2. The van der Waals surface area contributed by atoms with E-state index < -0.39 is 0 Å². The van der Waals surface area contributed by atoms with E-state index in [0.29, 0.717) is 0 Å². The second kappa shape index (κ2) is 21.4. The molecule has 0 bridgehead atoms. The van der Waals surface area contributed by atoms with Crippen molar-refractivity contribution in [3.8, 4) is 22.3 Å². The van der Waals surface area contributed by atoms with Crippen molar-refractivity contribution in [3.63, 3.8) is 0 Å². The van der Waals surface area contributed by atoms with Gasteiger partial charge in [-0.3, -0.25) is 0 Å². The summed E-state index contributed by atoms with van der Waals surface area (Å²) in [6.45, 7) is 0. The highest BCUT2D eigenvalue weighted by Gasteiger charge is 2.27. The lowest BCUT2D eigenvalue weighted by Gasteiger charge is -2.34. The van der Waals surface area contributed by atoms with Gasteiger partial charge in [0.2, 0.25) is 0 Å². The number of rotatable bonds is 14. The Bertz CT molecular complexity index is 3840. The molecule has 0 fully saturated rings. The van der Waals surface area contributed by atoms with E-state index in [9.17, 15) is 0 Å². The van der Waals surface area contributed by atoms with Gasteiger partial charge in [-0.1, -0.05) is 194 Å².